The summed E-state index contributed by atoms with van der Waals surface area (Å²) in [5.41, 5.74) is 6.47. The van der Waals surface area contributed by atoms with Gasteiger partial charge < -0.3 is 4.90 Å². The van der Waals surface area contributed by atoms with Gasteiger partial charge in [-0.05, 0) is 52.8 Å². The number of benzene rings is 3. The summed E-state index contributed by atoms with van der Waals surface area (Å²) in [4.78, 5) is 17.6. The molecule has 3 aromatic carbocycles. The lowest BCUT2D eigenvalue weighted by atomic mass is 9.98. The number of hydrogen-bond acceptors (Lipinski definition) is 4. The van der Waals surface area contributed by atoms with Crippen molar-refractivity contribution in [2.75, 3.05) is 18.0 Å². The molecule has 2 amide bonds. The monoisotopic (exact) mass is 466 g/mol. The molecule has 4 aromatic rings. The van der Waals surface area contributed by atoms with Crippen molar-refractivity contribution < 1.29 is 4.79 Å². The number of aromatic amines is 1. The second kappa shape index (κ2) is 10.5. The average molecular weight is 467 g/mol. The number of carbonyl (C=O) groups excluding carboxylic acids is 1. The van der Waals surface area contributed by atoms with Gasteiger partial charge >= 0.3 is 6.03 Å². The number of nitrogens with one attached hydrogen (secondary N) is 1. The highest BCUT2D eigenvalue weighted by molar-refractivity contribution is 5.93. The van der Waals surface area contributed by atoms with Crippen molar-refractivity contribution in [1.82, 2.24) is 25.5 Å². The van der Waals surface area contributed by atoms with E-state index in [1.807, 2.05) is 34.1 Å². The minimum absolute atomic E-state index is 0.0946. The van der Waals surface area contributed by atoms with E-state index >= 15 is 0 Å². The zero-order valence-corrected chi connectivity index (χ0v) is 20.0. The van der Waals surface area contributed by atoms with E-state index < -0.39 is 0 Å². The Morgan fingerprint density at radius 1 is 1.00 bits per heavy atom. The van der Waals surface area contributed by atoms with E-state index in [1.165, 1.54) is 5.56 Å². The van der Waals surface area contributed by atoms with Gasteiger partial charge in [-0.1, -0.05) is 80.1 Å². The van der Waals surface area contributed by atoms with E-state index in [-0.39, 0.29) is 6.03 Å². The number of amides is 2. The maximum atomic E-state index is 13.7. The fourth-order valence-electron chi connectivity index (χ4n) is 4.71. The lowest BCUT2D eigenvalue weighted by Crippen LogP contribution is -2.45. The van der Waals surface area contributed by atoms with Gasteiger partial charge in [-0.15, -0.1) is 10.2 Å². The van der Waals surface area contributed by atoms with Gasteiger partial charge in [0.15, 0.2) is 0 Å². The van der Waals surface area contributed by atoms with Gasteiger partial charge in [-0.3, -0.25) is 4.90 Å². The predicted molar refractivity (Wildman–Crippen MR) is 138 cm³/mol. The van der Waals surface area contributed by atoms with Gasteiger partial charge in [-0.2, -0.15) is 5.21 Å². The third-order valence-corrected chi connectivity index (χ3v) is 6.54. The third-order valence-electron chi connectivity index (χ3n) is 6.54. The van der Waals surface area contributed by atoms with Crippen LogP contribution >= 0.6 is 0 Å². The zero-order chi connectivity index (χ0) is 24.0. The van der Waals surface area contributed by atoms with Gasteiger partial charge in [0, 0.05) is 30.9 Å². The van der Waals surface area contributed by atoms with Gasteiger partial charge in [-0.25, -0.2) is 4.79 Å². The minimum atomic E-state index is 0.0946. The number of fused-ring (bicyclic) bond motifs is 1. The van der Waals surface area contributed by atoms with Crippen molar-refractivity contribution in [2.45, 2.75) is 39.2 Å². The molecular weight excluding hydrogens is 436 g/mol. The molecule has 0 spiro atoms. The molecule has 1 aliphatic heterocycles. The maximum Gasteiger partial charge on any atom is 0.324 e. The number of aromatic nitrogens is 4. The quantitative estimate of drug-likeness (QED) is 0.378. The summed E-state index contributed by atoms with van der Waals surface area (Å²) in [5, 5.41) is 14.5. The van der Waals surface area contributed by atoms with Crippen LogP contribution in [0, 0.1) is 0 Å². The van der Waals surface area contributed by atoms with Crippen LogP contribution in [0.25, 0.3) is 22.5 Å². The Balaban J connectivity index is 1.37. The first kappa shape index (κ1) is 22.8. The molecule has 0 aliphatic carbocycles. The summed E-state index contributed by atoms with van der Waals surface area (Å²) < 4.78 is 0. The van der Waals surface area contributed by atoms with E-state index in [9.17, 15) is 4.79 Å². The predicted octanol–water partition coefficient (Wildman–Crippen LogP) is 5.71. The lowest BCUT2D eigenvalue weighted by Gasteiger charge is -2.34. The molecule has 5 rings (SSSR count). The molecule has 1 N–H and O–H groups in total. The maximum absolute atomic E-state index is 13.7. The molecule has 7 nitrogen and oxygen atoms in total. The van der Waals surface area contributed by atoms with E-state index in [2.05, 4.69) is 76.1 Å². The molecule has 1 aliphatic rings. The van der Waals surface area contributed by atoms with Crippen LogP contribution in [0.4, 0.5) is 10.5 Å². The molecule has 2 heterocycles. The fourth-order valence-corrected chi connectivity index (χ4v) is 4.71. The first-order chi connectivity index (χ1) is 17.2. The molecular formula is C28H30N6O. The number of rotatable bonds is 7. The molecule has 178 valence electrons. The Hall–Kier alpha value is -4.00. The van der Waals surface area contributed by atoms with Crippen LogP contribution in [0.3, 0.4) is 0 Å². The summed E-state index contributed by atoms with van der Waals surface area (Å²) in [6.07, 6.45) is 4.06. The molecule has 0 saturated carbocycles. The SMILES string of the molecule is CCCCN(Cc1ccc(-c2ccccc2-c2nn[nH]n2)cc1)C(=O)N1CCCc2ccccc21. The highest BCUT2D eigenvalue weighted by Crippen LogP contribution is 2.31. The average Bonchev–Trinajstić information content (AvgIpc) is 3.46. The normalized spacial score (nSPS) is 12.9. The summed E-state index contributed by atoms with van der Waals surface area (Å²) in [7, 11) is 0. The van der Waals surface area contributed by atoms with Gasteiger partial charge in [0.05, 0.1) is 0 Å². The van der Waals surface area contributed by atoms with Crippen LogP contribution in [0.1, 0.15) is 37.3 Å². The van der Waals surface area contributed by atoms with Crippen molar-refractivity contribution in [2.24, 2.45) is 0 Å². The number of H-pyrrole nitrogens is 1. The highest BCUT2D eigenvalue weighted by Gasteiger charge is 2.26. The number of urea groups is 1. The fraction of sp³-hybridized carbons (Fsp3) is 0.286. The Labute approximate surface area is 205 Å². The van der Waals surface area contributed by atoms with E-state index in [0.29, 0.717) is 12.4 Å². The summed E-state index contributed by atoms with van der Waals surface area (Å²) >= 11 is 0. The van der Waals surface area contributed by atoms with Crippen LogP contribution in [-0.2, 0) is 13.0 Å². The van der Waals surface area contributed by atoms with E-state index in [4.69, 9.17) is 0 Å². The second-order valence-corrected chi connectivity index (χ2v) is 8.92. The lowest BCUT2D eigenvalue weighted by molar-refractivity contribution is 0.200. The van der Waals surface area contributed by atoms with Crippen molar-refractivity contribution in [3.8, 4) is 22.5 Å². The van der Waals surface area contributed by atoms with E-state index in [0.717, 1.165) is 66.7 Å². The van der Waals surface area contributed by atoms with Gasteiger partial charge in [0.25, 0.3) is 0 Å². The van der Waals surface area contributed by atoms with Crippen LogP contribution in [0.2, 0.25) is 0 Å². The molecule has 7 heteroatoms. The molecule has 0 fully saturated rings. The molecule has 1 aromatic heterocycles. The molecule has 35 heavy (non-hydrogen) atoms. The smallest absolute Gasteiger partial charge is 0.320 e. The Morgan fingerprint density at radius 2 is 1.77 bits per heavy atom. The largest absolute Gasteiger partial charge is 0.324 e. The molecule has 0 saturated heterocycles. The number of unbranched alkanes of at least 4 members (excludes halogenated alkanes) is 1. The molecule has 0 radical (unpaired) electrons. The topological polar surface area (TPSA) is 78.0 Å². The van der Waals surface area contributed by atoms with Crippen molar-refractivity contribution >= 4 is 11.7 Å². The van der Waals surface area contributed by atoms with Crippen LogP contribution in [0.5, 0.6) is 0 Å². The third kappa shape index (κ3) is 4.94. The number of nitrogens with zero attached hydrogens (tertiary/aromatic N) is 5. The number of para-hydroxylation sites is 1. The van der Waals surface area contributed by atoms with Gasteiger partial charge in [0.2, 0.25) is 5.82 Å². The first-order valence-corrected chi connectivity index (χ1v) is 12.3. The molecule has 0 unspecified atom stereocenters. The molecule has 0 atom stereocenters. The Bertz CT molecular complexity index is 1270. The Morgan fingerprint density at radius 3 is 2.54 bits per heavy atom. The number of carbonyl (C=O) groups is 1. The highest BCUT2D eigenvalue weighted by atomic mass is 16.2. The standard InChI is InChI=1S/C28H30N6O/c1-2-3-18-33(28(35)34-19-8-10-23-9-4-7-13-26(23)34)20-21-14-16-22(17-15-21)24-11-5-6-12-25(24)27-29-31-32-30-27/h4-7,9,11-17H,2-3,8,10,18-20H2,1H3,(H,29,30,31,32). The Kier molecular flexibility index (Phi) is 6.84. The summed E-state index contributed by atoms with van der Waals surface area (Å²) in [6.45, 7) is 4.26. The van der Waals surface area contributed by atoms with Crippen LogP contribution in [-0.4, -0.2) is 44.6 Å². The summed E-state index contributed by atoms with van der Waals surface area (Å²) in [5.74, 6) is 0.572. The van der Waals surface area contributed by atoms with E-state index in [1.54, 1.807) is 0 Å². The van der Waals surface area contributed by atoms with Crippen LogP contribution in [0.15, 0.2) is 72.8 Å². The number of tetrazole rings is 1. The van der Waals surface area contributed by atoms with Crippen molar-refractivity contribution in [1.29, 1.82) is 0 Å². The number of anilines is 1. The van der Waals surface area contributed by atoms with Crippen molar-refractivity contribution in [3.63, 3.8) is 0 Å². The van der Waals surface area contributed by atoms with Crippen LogP contribution < -0.4 is 4.90 Å². The first-order valence-electron chi connectivity index (χ1n) is 12.3. The molecule has 0 bridgehead atoms. The summed E-state index contributed by atoms with van der Waals surface area (Å²) in [6, 6.07) is 24.8. The second-order valence-electron chi connectivity index (χ2n) is 8.92. The number of hydrogen-bond donors (Lipinski definition) is 1. The van der Waals surface area contributed by atoms with Crippen molar-refractivity contribution in [3.05, 3.63) is 83.9 Å². The van der Waals surface area contributed by atoms with Gasteiger partial charge in [0.1, 0.15) is 0 Å². The minimum Gasteiger partial charge on any atom is -0.320 e. The number of aryl methyl sites for hydroxylation is 1. The zero-order valence-electron chi connectivity index (χ0n) is 20.0.